The van der Waals surface area contributed by atoms with Crippen LogP contribution < -0.4 is 9.64 Å². The van der Waals surface area contributed by atoms with Gasteiger partial charge in [-0.2, -0.15) is 0 Å². The van der Waals surface area contributed by atoms with Gasteiger partial charge in [-0.15, -0.1) is 0 Å². The number of piperazine rings is 1. The second-order valence-electron chi connectivity index (χ2n) is 7.55. The first-order valence-corrected chi connectivity index (χ1v) is 10.4. The molecule has 2 heterocycles. The maximum Gasteiger partial charge on any atom is 0.254 e. The monoisotopic (exact) mass is 440 g/mol. The van der Waals surface area contributed by atoms with Crippen molar-refractivity contribution in [2.45, 2.75) is 19.9 Å². The number of hydrogen-bond donors (Lipinski definition) is 0. The summed E-state index contributed by atoms with van der Waals surface area (Å²) in [5.74, 6) is 0.911. The topological polar surface area (TPSA) is 58.6 Å². The van der Waals surface area contributed by atoms with Crippen molar-refractivity contribution in [1.82, 2.24) is 14.9 Å². The molecule has 6 nitrogen and oxygen atoms in total. The van der Waals surface area contributed by atoms with Crippen LogP contribution in [-0.2, 0) is 0 Å². The van der Waals surface area contributed by atoms with E-state index in [2.05, 4.69) is 14.9 Å². The number of ether oxygens (including phenoxy) is 1. The summed E-state index contributed by atoms with van der Waals surface area (Å²) in [6.45, 7) is 5.87. The predicted molar refractivity (Wildman–Crippen MR) is 117 cm³/mol. The van der Waals surface area contributed by atoms with Crippen LogP contribution in [0.15, 0.2) is 54.9 Å². The van der Waals surface area contributed by atoms with Gasteiger partial charge in [-0.05, 0) is 44.2 Å². The number of nitrogens with zero attached hydrogens (tertiary/aromatic N) is 4. The second-order valence-corrected chi connectivity index (χ2v) is 7.96. The number of rotatable bonds is 4. The maximum atomic E-state index is 13.2. The fraction of sp³-hybridized carbons (Fsp3) is 0.261. The molecule has 0 N–H and O–H groups in total. The van der Waals surface area contributed by atoms with Crippen molar-refractivity contribution in [3.05, 3.63) is 76.8 Å². The first kappa shape index (κ1) is 21.1. The molecule has 0 aliphatic carbocycles. The van der Waals surface area contributed by atoms with Gasteiger partial charge >= 0.3 is 0 Å². The summed E-state index contributed by atoms with van der Waals surface area (Å²) >= 11 is 6.04. The molecule has 160 valence electrons. The van der Waals surface area contributed by atoms with Crippen LogP contribution in [0.25, 0.3) is 0 Å². The lowest BCUT2D eigenvalue weighted by molar-refractivity contribution is 0.0673. The first-order valence-electron chi connectivity index (χ1n) is 9.98. The van der Waals surface area contributed by atoms with Crippen LogP contribution in [0.2, 0.25) is 5.02 Å². The Kier molecular flexibility index (Phi) is 6.04. The second kappa shape index (κ2) is 8.89. The van der Waals surface area contributed by atoms with E-state index in [1.54, 1.807) is 6.07 Å². The van der Waals surface area contributed by atoms with Gasteiger partial charge in [0, 0.05) is 37.3 Å². The van der Waals surface area contributed by atoms with Gasteiger partial charge in [0.15, 0.2) is 0 Å². The molecule has 1 amide bonds. The van der Waals surface area contributed by atoms with Gasteiger partial charge < -0.3 is 14.5 Å². The fourth-order valence-corrected chi connectivity index (χ4v) is 3.76. The van der Waals surface area contributed by atoms with Gasteiger partial charge in [-0.3, -0.25) is 4.79 Å². The number of carbonyl (C=O) groups is 1. The highest BCUT2D eigenvalue weighted by atomic mass is 35.5. The van der Waals surface area contributed by atoms with Crippen LogP contribution in [0.5, 0.6) is 11.6 Å². The molecular weight excluding hydrogens is 419 g/mol. The normalized spacial score (nSPS) is 16.3. The minimum absolute atomic E-state index is 0.00781. The summed E-state index contributed by atoms with van der Waals surface area (Å²) in [7, 11) is 0. The zero-order chi connectivity index (χ0) is 22.0. The Bertz CT molecular complexity index is 1090. The highest BCUT2D eigenvalue weighted by Crippen LogP contribution is 2.30. The summed E-state index contributed by atoms with van der Waals surface area (Å²) in [6.07, 6.45) is 1.41. The van der Waals surface area contributed by atoms with Crippen molar-refractivity contribution in [3.63, 3.8) is 0 Å². The summed E-state index contributed by atoms with van der Waals surface area (Å²) in [4.78, 5) is 25.4. The lowest BCUT2D eigenvalue weighted by atomic mass is 10.1. The Morgan fingerprint density at radius 1 is 1.13 bits per heavy atom. The third-order valence-electron chi connectivity index (χ3n) is 5.25. The molecule has 1 fully saturated rings. The number of amides is 1. The van der Waals surface area contributed by atoms with E-state index in [0.29, 0.717) is 42.6 Å². The molecule has 0 radical (unpaired) electrons. The third kappa shape index (κ3) is 4.77. The van der Waals surface area contributed by atoms with Crippen molar-refractivity contribution in [2.75, 3.05) is 24.5 Å². The molecular formula is C23H22ClFN4O2. The van der Waals surface area contributed by atoms with E-state index < -0.39 is 5.82 Å². The van der Waals surface area contributed by atoms with E-state index in [4.69, 9.17) is 16.3 Å². The number of halogens is 2. The van der Waals surface area contributed by atoms with Crippen LogP contribution in [0, 0.1) is 12.7 Å². The van der Waals surface area contributed by atoms with Gasteiger partial charge in [0.2, 0.25) is 5.88 Å². The van der Waals surface area contributed by atoms with Crippen molar-refractivity contribution in [2.24, 2.45) is 0 Å². The quantitative estimate of drug-likeness (QED) is 0.587. The number of hydrogen-bond acceptors (Lipinski definition) is 5. The summed E-state index contributed by atoms with van der Waals surface area (Å²) in [5.41, 5.74) is 1.82. The van der Waals surface area contributed by atoms with E-state index in [1.807, 2.05) is 43.0 Å². The Labute approximate surface area is 185 Å². The molecule has 1 aliphatic rings. The lowest BCUT2D eigenvalue weighted by Crippen LogP contribution is -2.54. The van der Waals surface area contributed by atoms with Crippen LogP contribution in [0.3, 0.4) is 0 Å². The Balaban J connectivity index is 1.45. The average Bonchev–Trinajstić information content (AvgIpc) is 2.76. The molecule has 0 bridgehead atoms. The van der Waals surface area contributed by atoms with E-state index in [-0.39, 0.29) is 17.0 Å². The van der Waals surface area contributed by atoms with E-state index in [9.17, 15) is 9.18 Å². The summed E-state index contributed by atoms with van der Waals surface area (Å²) in [6, 6.07) is 13.3. The minimum Gasteiger partial charge on any atom is -0.437 e. The summed E-state index contributed by atoms with van der Waals surface area (Å²) in [5, 5.41) is 0.164. The molecule has 1 aromatic heterocycles. The van der Waals surface area contributed by atoms with Gasteiger partial charge in [0.1, 0.15) is 23.7 Å². The van der Waals surface area contributed by atoms with Crippen LogP contribution in [0.1, 0.15) is 22.8 Å². The van der Waals surface area contributed by atoms with Gasteiger partial charge in [-0.25, -0.2) is 14.4 Å². The summed E-state index contributed by atoms with van der Waals surface area (Å²) < 4.78 is 19.0. The molecule has 3 aromatic rings. The van der Waals surface area contributed by atoms with Crippen molar-refractivity contribution in [3.8, 4) is 11.6 Å². The predicted octanol–water partition coefficient (Wildman–Crippen LogP) is 4.72. The van der Waals surface area contributed by atoms with Crippen LogP contribution in [0.4, 0.5) is 10.2 Å². The standard InChI is InChI=1S/C23H22ClFN4O2/c1-15-3-5-17(6-4-15)23(30)29-10-9-28(13-16(29)2)21-12-22(27-14-26-21)31-20-8-7-18(25)11-19(20)24/h3-8,11-12,14,16H,9-10,13H2,1-2H3/t16-/m0/s1. The maximum absolute atomic E-state index is 13.2. The van der Waals surface area contributed by atoms with Gasteiger partial charge in [0.25, 0.3) is 5.91 Å². The molecule has 31 heavy (non-hydrogen) atoms. The SMILES string of the molecule is Cc1ccc(C(=O)N2CCN(c3cc(Oc4ccc(F)cc4Cl)ncn3)C[C@@H]2C)cc1. The van der Waals surface area contributed by atoms with E-state index in [0.717, 1.165) is 5.56 Å². The Morgan fingerprint density at radius 2 is 1.90 bits per heavy atom. The Hall–Kier alpha value is -3.19. The number of aryl methyl sites for hydroxylation is 1. The molecule has 0 spiro atoms. The van der Waals surface area contributed by atoms with Gasteiger partial charge in [0.05, 0.1) is 5.02 Å². The molecule has 8 heteroatoms. The largest absolute Gasteiger partial charge is 0.437 e. The van der Waals surface area contributed by atoms with Gasteiger partial charge in [-0.1, -0.05) is 29.3 Å². The molecule has 0 unspecified atom stereocenters. The average molecular weight is 441 g/mol. The fourth-order valence-electron chi connectivity index (χ4n) is 3.56. The molecule has 4 rings (SSSR count). The highest BCUT2D eigenvalue weighted by Gasteiger charge is 2.29. The highest BCUT2D eigenvalue weighted by molar-refractivity contribution is 6.32. The molecule has 1 atom stereocenters. The number of aromatic nitrogens is 2. The zero-order valence-electron chi connectivity index (χ0n) is 17.3. The molecule has 1 saturated heterocycles. The third-order valence-corrected chi connectivity index (χ3v) is 5.54. The molecule has 2 aromatic carbocycles. The van der Waals surface area contributed by atoms with Crippen molar-refractivity contribution in [1.29, 1.82) is 0 Å². The number of anilines is 1. The molecule has 1 aliphatic heterocycles. The van der Waals surface area contributed by atoms with E-state index >= 15 is 0 Å². The lowest BCUT2D eigenvalue weighted by Gasteiger charge is -2.40. The molecule has 0 saturated carbocycles. The Morgan fingerprint density at radius 3 is 2.61 bits per heavy atom. The number of carbonyl (C=O) groups excluding carboxylic acids is 1. The minimum atomic E-state index is -0.437. The smallest absolute Gasteiger partial charge is 0.254 e. The zero-order valence-corrected chi connectivity index (χ0v) is 18.0. The van der Waals surface area contributed by atoms with Crippen molar-refractivity contribution < 1.29 is 13.9 Å². The van der Waals surface area contributed by atoms with Crippen LogP contribution in [-0.4, -0.2) is 46.5 Å². The van der Waals surface area contributed by atoms with Crippen molar-refractivity contribution >= 4 is 23.3 Å². The van der Waals surface area contributed by atoms with Crippen LogP contribution >= 0.6 is 11.6 Å². The first-order chi connectivity index (χ1) is 14.9. The van der Waals surface area contributed by atoms with E-state index in [1.165, 1.54) is 24.5 Å². The number of benzene rings is 2.